The van der Waals surface area contributed by atoms with Crippen LogP contribution in [0.4, 0.5) is 0 Å². The molecule has 23 heavy (non-hydrogen) atoms. The molecule has 0 spiro atoms. The molecular weight excluding hydrogens is 308 g/mol. The number of H-pyrrole nitrogens is 1. The smallest absolute Gasteiger partial charge is 0.227 e. The predicted molar refractivity (Wildman–Crippen MR) is 89.7 cm³/mol. The van der Waals surface area contributed by atoms with Gasteiger partial charge in [-0.15, -0.1) is 0 Å². The van der Waals surface area contributed by atoms with Crippen LogP contribution in [0.5, 0.6) is 0 Å². The van der Waals surface area contributed by atoms with E-state index in [1.807, 2.05) is 16.7 Å². The van der Waals surface area contributed by atoms with Crippen molar-refractivity contribution < 1.29 is 4.79 Å². The molecule has 1 saturated carbocycles. The molecule has 6 heteroatoms. The van der Waals surface area contributed by atoms with E-state index in [2.05, 4.69) is 27.6 Å². The van der Waals surface area contributed by atoms with Gasteiger partial charge in [0.1, 0.15) is 0 Å². The maximum Gasteiger partial charge on any atom is 0.227 e. The number of nitrogens with one attached hydrogen (secondary N) is 2. The second-order valence-electron chi connectivity index (χ2n) is 6.41. The first kappa shape index (κ1) is 14.6. The zero-order chi connectivity index (χ0) is 15.8. The van der Waals surface area contributed by atoms with E-state index in [9.17, 15) is 4.79 Å². The maximum absolute atomic E-state index is 12.7. The summed E-state index contributed by atoms with van der Waals surface area (Å²) in [6.45, 7) is 0.432. The molecule has 2 aliphatic carbocycles. The van der Waals surface area contributed by atoms with Crippen molar-refractivity contribution >= 4 is 18.1 Å². The summed E-state index contributed by atoms with van der Waals surface area (Å²) >= 11 is 5.28. The molecule has 2 N–H and O–H groups in total. The van der Waals surface area contributed by atoms with Crippen LogP contribution in [0, 0.1) is 4.77 Å². The van der Waals surface area contributed by atoms with Gasteiger partial charge in [0.25, 0.3) is 0 Å². The van der Waals surface area contributed by atoms with Gasteiger partial charge in [-0.2, -0.15) is 5.10 Å². The maximum atomic E-state index is 12.7. The van der Waals surface area contributed by atoms with Crippen molar-refractivity contribution in [3.8, 4) is 0 Å². The molecule has 2 aromatic rings. The van der Waals surface area contributed by atoms with Gasteiger partial charge in [-0.05, 0) is 55.4 Å². The van der Waals surface area contributed by atoms with Crippen LogP contribution in [-0.2, 0) is 17.8 Å². The summed E-state index contributed by atoms with van der Waals surface area (Å²) in [5.74, 6) is 0.875. The fourth-order valence-corrected chi connectivity index (χ4v) is 3.79. The number of hydrogen-bond donors (Lipinski definition) is 2. The summed E-state index contributed by atoms with van der Waals surface area (Å²) in [6.07, 6.45) is 5.34. The first-order valence-corrected chi connectivity index (χ1v) is 8.66. The zero-order valence-electron chi connectivity index (χ0n) is 12.9. The van der Waals surface area contributed by atoms with Crippen LogP contribution in [0.3, 0.4) is 0 Å². The molecule has 0 aliphatic heterocycles. The summed E-state index contributed by atoms with van der Waals surface area (Å²) in [5.41, 5.74) is 2.48. The van der Waals surface area contributed by atoms with E-state index in [0.717, 1.165) is 37.9 Å². The first-order chi connectivity index (χ1) is 11.2. The number of hydrogen-bond acceptors (Lipinski definition) is 3. The van der Waals surface area contributed by atoms with Crippen molar-refractivity contribution in [1.29, 1.82) is 0 Å². The summed E-state index contributed by atoms with van der Waals surface area (Å²) in [7, 11) is 0. The van der Waals surface area contributed by atoms with Crippen molar-refractivity contribution in [3.05, 3.63) is 46.0 Å². The highest BCUT2D eigenvalue weighted by atomic mass is 32.1. The molecule has 1 atom stereocenters. The lowest BCUT2D eigenvalue weighted by Crippen LogP contribution is -2.31. The normalized spacial score (nSPS) is 20.1. The molecule has 1 aromatic heterocycles. The number of rotatable bonds is 4. The SMILES string of the molecule is O=C(NCc1n[nH]c(=S)n1C1CC1)[C@@H]1CCCc2ccccc21. The summed E-state index contributed by atoms with van der Waals surface area (Å²) in [6, 6.07) is 8.74. The largest absolute Gasteiger partial charge is 0.348 e. The monoisotopic (exact) mass is 328 g/mol. The minimum absolute atomic E-state index is 0.0451. The molecule has 1 heterocycles. The molecular formula is C17H20N4OS. The predicted octanol–water partition coefficient (Wildman–Crippen LogP) is 3.01. The van der Waals surface area contributed by atoms with Crippen molar-refractivity contribution in [2.45, 2.75) is 50.6 Å². The number of amides is 1. The van der Waals surface area contributed by atoms with Crippen molar-refractivity contribution in [3.63, 3.8) is 0 Å². The number of fused-ring (bicyclic) bond motifs is 1. The third kappa shape index (κ3) is 2.83. The number of aryl methyl sites for hydroxylation is 1. The Morgan fingerprint density at radius 3 is 3.00 bits per heavy atom. The van der Waals surface area contributed by atoms with Gasteiger partial charge in [0.2, 0.25) is 5.91 Å². The molecule has 0 unspecified atom stereocenters. The molecule has 120 valence electrons. The number of nitrogens with zero attached hydrogens (tertiary/aromatic N) is 2. The van der Waals surface area contributed by atoms with Crippen molar-refractivity contribution in [2.75, 3.05) is 0 Å². The Hall–Kier alpha value is -1.95. The standard InChI is InChI=1S/C17H20N4OS/c22-16(14-7-3-5-11-4-1-2-6-13(11)14)18-10-15-19-20-17(23)21(15)12-8-9-12/h1-2,4,6,12,14H,3,5,7-10H2,(H,18,22)(H,20,23)/t14-/m1/s1. The Morgan fingerprint density at radius 2 is 2.17 bits per heavy atom. The van der Waals surface area contributed by atoms with Crippen LogP contribution in [-0.4, -0.2) is 20.7 Å². The van der Waals surface area contributed by atoms with Crippen LogP contribution < -0.4 is 5.32 Å². The summed E-state index contributed by atoms with van der Waals surface area (Å²) in [5, 5.41) is 10.2. The number of aromatic nitrogens is 3. The van der Waals surface area contributed by atoms with Gasteiger partial charge in [0.15, 0.2) is 10.6 Å². The van der Waals surface area contributed by atoms with Gasteiger partial charge in [-0.3, -0.25) is 14.5 Å². The highest BCUT2D eigenvalue weighted by Gasteiger charge is 2.29. The Kier molecular flexibility index (Phi) is 3.77. The average molecular weight is 328 g/mol. The quantitative estimate of drug-likeness (QED) is 0.848. The van der Waals surface area contributed by atoms with E-state index in [1.165, 1.54) is 11.1 Å². The molecule has 0 radical (unpaired) electrons. The fourth-order valence-electron chi connectivity index (χ4n) is 3.49. The van der Waals surface area contributed by atoms with Crippen LogP contribution in [0.15, 0.2) is 24.3 Å². The lowest BCUT2D eigenvalue weighted by Gasteiger charge is -2.24. The lowest BCUT2D eigenvalue weighted by atomic mass is 9.82. The minimum Gasteiger partial charge on any atom is -0.348 e. The molecule has 0 saturated heterocycles. The lowest BCUT2D eigenvalue weighted by molar-refractivity contribution is -0.123. The van der Waals surface area contributed by atoms with Gasteiger partial charge in [0.05, 0.1) is 12.5 Å². The van der Waals surface area contributed by atoms with E-state index in [1.54, 1.807) is 0 Å². The van der Waals surface area contributed by atoms with Crippen LogP contribution >= 0.6 is 12.2 Å². The number of aromatic amines is 1. The third-order valence-corrected chi connectivity index (χ3v) is 5.08. The Balaban J connectivity index is 1.48. The van der Waals surface area contributed by atoms with Gasteiger partial charge >= 0.3 is 0 Å². The van der Waals surface area contributed by atoms with Crippen LogP contribution in [0.2, 0.25) is 0 Å². The highest BCUT2D eigenvalue weighted by Crippen LogP contribution is 2.36. The van der Waals surface area contributed by atoms with E-state index in [0.29, 0.717) is 17.4 Å². The highest BCUT2D eigenvalue weighted by molar-refractivity contribution is 7.71. The average Bonchev–Trinajstić information content (AvgIpc) is 3.35. The first-order valence-electron chi connectivity index (χ1n) is 8.25. The molecule has 1 amide bonds. The number of carbonyl (C=O) groups is 1. The van der Waals surface area contributed by atoms with Gasteiger partial charge in [-0.25, -0.2) is 0 Å². The van der Waals surface area contributed by atoms with E-state index >= 15 is 0 Å². The van der Waals surface area contributed by atoms with Crippen LogP contribution in [0.1, 0.15) is 54.6 Å². The van der Waals surface area contributed by atoms with Gasteiger partial charge in [-0.1, -0.05) is 24.3 Å². The molecule has 4 rings (SSSR count). The van der Waals surface area contributed by atoms with Gasteiger partial charge < -0.3 is 5.32 Å². The summed E-state index contributed by atoms with van der Waals surface area (Å²) in [4.78, 5) is 12.7. The minimum atomic E-state index is -0.0451. The second-order valence-corrected chi connectivity index (χ2v) is 6.79. The molecule has 1 aromatic carbocycles. The molecule has 5 nitrogen and oxygen atoms in total. The molecule has 1 fully saturated rings. The second kappa shape index (κ2) is 5.92. The molecule has 2 aliphatic rings. The van der Waals surface area contributed by atoms with Crippen LogP contribution in [0.25, 0.3) is 0 Å². The Bertz CT molecular complexity index is 790. The Morgan fingerprint density at radius 1 is 1.35 bits per heavy atom. The fraction of sp³-hybridized carbons (Fsp3) is 0.471. The van der Waals surface area contributed by atoms with Crippen molar-refractivity contribution in [1.82, 2.24) is 20.1 Å². The third-order valence-electron chi connectivity index (χ3n) is 4.80. The number of carbonyl (C=O) groups excluding carboxylic acids is 1. The number of benzene rings is 1. The molecule has 0 bridgehead atoms. The van der Waals surface area contributed by atoms with E-state index < -0.39 is 0 Å². The zero-order valence-corrected chi connectivity index (χ0v) is 13.7. The van der Waals surface area contributed by atoms with E-state index in [-0.39, 0.29) is 11.8 Å². The topological polar surface area (TPSA) is 62.7 Å². The summed E-state index contributed by atoms with van der Waals surface area (Å²) < 4.78 is 2.70. The van der Waals surface area contributed by atoms with Gasteiger partial charge in [0, 0.05) is 6.04 Å². The Labute approximate surface area is 140 Å². The van der Waals surface area contributed by atoms with Crippen molar-refractivity contribution in [2.24, 2.45) is 0 Å². The van der Waals surface area contributed by atoms with E-state index in [4.69, 9.17) is 12.2 Å².